The van der Waals surface area contributed by atoms with Crippen LogP contribution in [0.4, 0.5) is 0 Å². The summed E-state index contributed by atoms with van der Waals surface area (Å²) in [5.41, 5.74) is 1.05. The van der Waals surface area contributed by atoms with Gasteiger partial charge >= 0.3 is 11.9 Å². The molecule has 2 rings (SSSR count). The zero-order valence-electron chi connectivity index (χ0n) is 8.34. The van der Waals surface area contributed by atoms with E-state index in [1.165, 1.54) is 22.9 Å². The average Bonchev–Trinajstić information content (AvgIpc) is 2.56. The van der Waals surface area contributed by atoms with E-state index in [2.05, 4.69) is 4.98 Å². The van der Waals surface area contributed by atoms with Crippen molar-refractivity contribution in [2.45, 2.75) is 0 Å². The molecule has 0 bridgehead atoms. The number of aryl methyl sites for hydroxylation is 1. The summed E-state index contributed by atoms with van der Waals surface area (Å²) in [6, 6.07) is 2.81. The van der Waals surface area contributed by atoms with Gasteiger partial charge in [-0.05, 0) is 12.1 Å². The molecule has 2 N–H and O–H groups in total. The van der Waals surface area contributed by atoms with Gasteiger partial charge in [0.2, 0.25) is 0 Å². The molecular formula is C10H8N2O4. The third-order valence-electron chi connectivity index (χ3n) is 2.36. The van der Waals surface area contributed by atoms with Gasteiger partial charge in [-0.15, -0.1) is 0 Å². The van der Waals surface area contributed by atoms with Crippen molar-refractivity contribution in [3.05, 3.63) is 29.6 Å². The highest BCUT2D eigenvalue weighted by molar-refractivity contribution is 5.96. The number of fused-ring (bicyclic) bond motifs is 1. The summed E-state index contributed by atoms with van der Waals surface area (Å²) < 4.78 is 1.40. The largest absolute Gasteiger partial charge is 0.478 e. The minimum absolute atomic E-state index is 0.0330. The molecule has 0 aliphatic rings. The van der Waals surface area contributed by atoms with Gasteiger partial charge in [0.25, 0.3) is 0 Å². The van der Waals surface area contributed by atoms with Crippen molar-refractivity contribution in [2.75, 3.05) is 0 Å². The highest BCUT2D eigenvalue weighted by atomic mass is 16.4. The van der Waals surface area contributed by atoms with Gasteiger partial charge in [-0.2, -0.15) is 0 Å². The monoisotopic (exact) mass is 220 g/mol. The normalized spacial score (nSPS) is 10.6. The summed E-state index contributed by atoms with van der Waals surface area (Å²) >= 11 is 0. The number of carboxylic acids is 2. The van der Waals surface area contributed by atoms with Crippen molar-refractivity contribution in [3.8, 4) is 0 Å². The summed E-state index contributed by atoms with van der Waals surface area (Å²) in [5.74, 6) is -2.16. The standard InChI is InChI=1S/C10H8N2O4/c1-12-7-2-5(9(13)14)4-11-6(7)3-8(12)10(15)16/h2-4H,1H3,(H,13,14)(H,15,16). The molecule has 6 nitrogen and oxygen atoms in total. The fraction of sp³-hybridized carbons (Fsp3) is 0.100. The summed E-state index contributed by atoms with van der Waals surface area (Å²) in [6.07, 6.45) is 1.20. The molecule has 0 amide bonds. The van der Waals surface area contributed by atoms with Crippen LogP contribution in [-0.2, 0) is 7.05 Å². The quantitative estimate of drug-likeness (QED) is 0.786. The number of pyridine rings is 1. The van der Waals surface area contributed by atoms with Crippen molar-refractivity contribution in [1.29, 1.82) is 0 Å². The first-order valence-corrected chi connectivity index (χ1v) is 4.43. The predicted octanol–water partition coefficient (Wildman–Crippen LogP) is 0.970. The van der Waals surface area contributed by atoms with E-state index in [9.17, 15) is 9.59 Å². The molecule has 0 aromatic carbocycles. The molecule has 0 atom stereocenters. The molecule has 16 heavy (non-hydrogen) atoms. The molecule has 0 radical (unpaired) electrons. The number of rotatable bonds is 2. The molecule has 82 valence electrons. The van der Waals surface area contributed by atoms with Gasteiger partial charge in [0, 0.05) is 13.2 Å². The fourth-order valence-corrected chi connectivity index (χ4v) is 1.52. The molecule has 0 aliphatic carbocycles. The van der Waals surface area contributed by atoms with Crippen LogP contribution in [0.1, 0.15) is 20.8 Å². The van der Waals surface area contributed by atoms with Crippen LogP contribution < -0.4 is 0 Å². The van der Waals surface area contributed by atoms with Crippen molar-refractivity contribution < 1.29 is 19.8 Å². The summed E-state index contributed by atoms with van der Waals surface area (Å²) in [4.78, 5) is 25.5. The Morgan fingerprint density at radius 2 is 1.94 bits per heavy atom. The van der Waals surface area contributed by atoms with Crippen LogP contribution in [0.2, 0.25) is 0 Å². The second-order valence-corrected chi connectivity index (χ2v) is 3.33. The second kappa shape index (κ2) is 3.34. The van der Waals surface area contributed by atoms with Gasteiger partial charge < -0.3 is 14.8 Å². The molecule has 0 aliphatic heterocycles. The maximum Gasteiger partial charge on any atom is 0.352 e. The third-order valence-corrected chi connectivity index (χ3v) is 2.36. The Balaban J connectivity index is 2.73. The molecule has 0 fully saturated rings. The number of carboxylic acid groups (broad SMARTS) is 2. The predicted molar refractivity (Wildman–Crippen MR) is 54.6 cm³/mol. The molecule has 2 aromatic rings. The van der Waals surface area contributed by atoms with E-state index in [0.29, 0.717) is 11.0 Å². The molecule has 6 heteroatoms. The third kappa shape index (κ3) is 1.40. The van der Waals surface area contributed by atoms with Crippen molar-refractivity contribution in [3.63, 3.8) is 0 Å². The van der Waals surface area contributed by atoms with Gasteiger partial charge in [0.1, 0.15) is 5.69 Å². The lowest BCUT2D eigenvalue weighted by atomic mass is 10.2. The molecular weight excluding hydrogens is 212 g/mol. The lowest BCUT2D eigenvalue weighted by Gasteiger charge is -1.99. The number of hydrogen-bond donors (Lipinski definition) is 2. The minimum Gasteiger partial charge on any atom is -0.478 e. The van der Waals surface area contributed by atoms with Crippen LogP contribution in [0.25, 0.3) is 11.0 Å². The van der Waals surface area contributed by atoms with Gasteiger partial charge in [-0.1, -0.05) is 0 Å². The minimum atomic E-state index is -1.09. The highest BCUT2D eigenvalue weighted by Gasteiger charge is 2.14. The SMILES string of the molecule is Cn1c(C(=O)O)cc2ncc(C(=O)O)cc21. The van der Waals surface area contributed by atoms with E-state index >= 15 is 0 Å². The lowest BCUT2D eigenvalue weighted by Crippen LogP contribution is -2.04. The van der Waals surface area contributed by atoms with Crippen LogP contribution in [0, 0.1) is 0 Å². The van der Waals surface area contributed by atoms with Crippen molar-refractivity contribution >= 4 is 23.0 Å². The van der Waals surface area contributed by atoms with Crippen LogP contribution >= 0.6 is 0 Å². The molecule has 2 heterocycles. The number of aromatic carboxylic acids is 2. The zero-order chi connectivity index (χ0) is 11.9. The van der Waals surface area contributed by atoms with E-state index in [1.54, 1.807) is 7.05 Å². The van der Waals surface area contributed by atoms with Gasteiger partial charge in [0.15, 0.2) is 0 Å². The van der Waals surface area contributed by atoms with Crippen molar-refractivity contribution in [1.82, 2.24) is 9.55 Å². The van der Waals surface area contributed by atoms with Crippen LogP contribution in [0.3, 0.4) is 0 Å². The molecule has 0 saturated heterocycles. The Morgan fingerprint density at radius 1 is 1.25 bits per heavy atom. The topological polar surface area (TPSA) is 92.4 Å². The molecule has 0 spiro atoms. The number of nitrogens with zero attached hydrogens (tertiary/aromatic N) is 2. The lowest BCUT2D eigenvalue weighted by molar-refractivity contribution is 0.0681. The van der Waals surface area contributed by atoms with E-state index in [4.69, 9.17) is 10.2 Å². The van der Waals surface area contributed by atoms with Crippen LogP contribution in [0.15, 0.2) is 18.3 Å². The summed E-state index contributed by atoms with van der Waals surface area (Å²) in [7, 11) is 1.55. The van der Waals surface area contributed by atoms with Crippen molar-refractivity contribution in [2.24, 2.45) is 7.05 Å². The Hall–Kier alpha value is -2.37. The van der Waals surface area contributed by atoms with Gasteiger partial charge in [-0.3, -0.25) is 4.98 Å². The maximum absolute atomic E-state index is 10.8. The first-order valence-electron chi connectivity index (χ1n) is 4.43. The Kier molecular flexibility index (Phi) is 2.12. The van der Waals surface area contributed by atoms with E-state index in [0.717, 1.165) is 0 Å². The molecule has 0 saturated carbocycles. The maximum atomic E-state index is 10.8. The average molecular weight is 220 g/mol. The molecule has 2 aromatic heterocycles. The van der Waals surface area contributed by atoms with E-state index in [1.807, 2.05) is 0 Å². The van der Waals surface area contributed by atoms with Crippen LogP contribution in [0.5, 0.6) is 0 Å². The second-order valence-electron chi connectivity index (χ2n) is 3.33. The van der Waals surface area contributed by atoms with E-state index < -0.39 is 11.9 Å². The Bertz CT molecular complexity index is 600. The van der Waals surface area contributed by atoms with Gasteiger partial charge in [-0.25, -0.2) is 9.59 Å². The summed E-state index contributed by atoms with van der Waals surface area (Å²) in [6.45, 7) is 0. The fourth-order valence-electron chi connectivity index (χ4n) is 1.52. The number of hydrogen-bond acceptors (Lipinski definition) is 3. The number of aromatic nitrogens is 2. The Labute approximate surface area is 89.8 Å². The Morgan fingerprint density at radius 3 is 2.50 bits per heavy atom. The van der Waals surface area contributed by atoms with Crippen LogP contribution in [-0.4, -0.2) is 31.7 Å². The first-order chi connectivity index (χ1) is 7.50. The van der Waals surface area contributed by atoms with Gasteiger partial charge in [0.05, 0.1) is 16.6 Å². The summed E-state index contributed by atoms with van der Waals surface area (Å²) in [5, 5.41) is 17.7. The first kappa shape index (κ1) is 10.2. The zero-order valence-corrected chi connectivity index (χ0v) is 8.34. The van der Waals surface area contributed by atoms with E-state index in [-0.39, 0.29) is 11.3 Å². The number of carbonyl (C=O) groups is 2. The smallest absolute Gasteiger partial charge is 0.352 e. The highest BCUT2D eigenvalue weighted by Crippen LogP contribution is 2.17. The molecule has 0 unspecified atom stereocenters.